The molecule has 102 valence electrons. The highest BCUT2D eigenvalue weighted by atomic mass is 16.4. The third-order valence-corrected chi connectivity index (χ3v) is 3.22. The summed E-state index contributed by atoms with van der Waals surface area (Å²) in [5, 5.41) is 16.5. The Morgan fingerprint density at radius 3 is 2.79 bits per heavy atom. The maximum atomic E-state index is 10.9. The lowest BCUT2D eigenvalue weighted by Gasteiger charge is -2.04. The van der Waals surface area contributed by atoms with Crippen LogP contribution in [0.25, 0.3) is 0 Å². The first-order valence-electron chi connectivity index (χ1n) is 6.00. The minimum Gasteiger partial charge on any atom is -0.478 e. The zero-order valence-corrected chi connectivity index (χ0v) is 11.2. The first kappa shape index (κ1) is 13.4. The molecule has 2 aromatic heterocycles. The molecule has 2 rings (SSSR count). The summed E-state index contributed by atoms with van der Waals surface area (Å²) in [7, 11) is 1.90. The predicted molar refractivity (Wildman–Crippen MR) is 68.9 cm³/mol. The second kappa shape index (κ2) is 5.27. The number of carboxylic acids is 1. The van der Waals surface area contributed by atoms with E-state index < -0.39 is 5.97 Å². The van der Waals surface area contributed by atoms with Gasteiger partial charge in [-0.05, 0) is 19.9 Å². The molecule has 0 spiro atoms. The first-order valence-corrected chi connectivity index (χ1v) is 6.00. The Morgan fingerprint density at radius 2 is 2.21 bits per heavy atom. The standard InChI is InChI=1S/C13H17N3O3/c1-8-11(9(2)16(3)15-8)6-14-7-12-10(13(17)18)4-5-19-12/h4-5,14H,6-7H2,1-3H3,(H,17,18). The molecular formula is C13H17N3O3. The normalized spacial score (nSPS) is 10.9. The molecule has 0 aliphatic rings. The summed E-state index contributed by atoms with van der Waals surface area (Å²) in [6.07, 6.45) is 1.39. The molecule has 0 atom stereocenters. The van der Waals surface area contributed by atoms with E-state index in [4.69, 9.17) is 9.52 Å². The number of nitrogens with one attached hydrogen (secondary N) is 1. The van der Waals surface area contributed by atoms with Crippen molar-refractivity contribution in [3.63, 3.8) is 0 Å². The molecule has 0 saturated carbocycles. The summed E-state index contributed by atoms with van der Waals surface area (Å²) in [5.74, 6) is -0.536. The minimum atomic E-state index is -0.973. The number of furan rings is 1. The number of aromatic nitrogens is 2. The van der Waals surface area contributed by atoms with Gasteiger partial charge in [-0.2, -0.15) is 5.10 Å². The van der Waals surface area contributed by atoms with Gasteiger partial charge in [0.2, 0.25) is 0 Å². The summed E-state index contributed by atoms with van der Waals surface area (Å²) in [6.45, 7) is 4.97. The van der Waals surface area contributed by atoms with Crippen LogP contribution in [0.5, 0.6) is 0 Å². The van der Waals surface area contributed by atoms with Crippen LogP contribution in [0.1, 0.15) is 33.1 Å². The number of hydrogen-bond acceptors (Lipinski definition) is 4. The van der Waals surface area contributed by atoms with Gasteiger partial charge in [-0.3, -0.25) is 4.68 Å². The van der Waals surface area contributed by atoms with Crippen LogP contribution < -0.4 is 5.32 Å². The molecular weight excluding hydrogens is 246 g/mol. The number of hydrogen-bond donors (Lipinski definition) is 2. The smallest absolute Gasteiger partial charge is 0.339 e. The quantitative estimate of drug-likeness (QED) is 0.856. The molecule has 6 nitrogen and oxygen atoms in total. The van der Waals surface area contributed by atoms with Gasteiger partial charge in [0.05, 0.1) is 18.5 Å². The van der Waals surface area contributed by atoms with E-state index in [0.29, 0.717) is 18.8 Å². The van der Waals surface area contributed by atoms with Crippen molar-refractivity contribution >= 4 is 5.97 Å². The maximum absolute atomic E-state index is 10.9. The number of carbonyl (C=O) groups is 1. The average molecular weight is 263 g/mol. The van der Waals surface area contributed by atoms with Gasteiger partial charge in [-0.1, -0.05) is 0 Å². The van der Waals surface area contributed by atoms with E-state index in [-0.39, 0.29) is 5.56 Å². The highest BCUT2D eigenvalue weighted by molar-refractivity contribution is 5.88. The Kier molecular flexibility index (Phi) is 3.71. The fourth-order valence-corrected chi connectivity index (χ4v) is 2.04. The van der Waals surface area contributed by atoms with E-state index in [2.05, 4.69) is 10.4 Å². The molecule has 0 aliphatic heterocycles. The van der Waals surface area contributed by atoms with Gasteiger partial charge in [0.15, 0.2) is 0 Å². The lowest BCUT2D eigenvalue weighted by atomic mass is 10.2. The fraction of sp³-hybridized carbons (Fsp3) is 0.385. The molecule has 0 radical (unpaired) electrons. The number of rotatable bonds is 5. The van der Waals surface area contributed by atoms with Crippen LogP contribution in [-0.2, 0) is 20.1 Å². The highest BCUT2D eigenvalue weighted by Gasteiger charge is 2.14. The molecule has 0 aliphatic carbocycles. The van der Waals surface area contributed by atoms with Crippen molar-refractivity contribution in [1.29, 1.82) is 0 Å². The number of aromatic carboxylic acids is 1. The fourth-order valence-electron chi connectivity index (χ4n) is 2.04. The van der Waals surface area contributed by atoms with Crippen molar-refractivity contribution in [2.45, 2.75) is 26.9 Å². The van der Waals surface area contributed by atoms with Crippen molar-refractivity contribution in [2.75, 3.05) is 0 Å². The third kappa shape index (κ3) is 2.68. The SMILES string of the molecule is Cc1nn(C)c(C)c1CNCc1occc1C(=O)O. The summed E-state index contributed by atoms with van der Waals surface area (Å²) in [5.41, 5.74) is 3.41. The highest BCUT2D eigenvalue weighted by Crippen LogP contribution is 2.13. The molecule has 6 heteroatoms. The van der Waals surface area contributed by atoms with Crippen molar-refractivity contribution in [3.8, 4) is 0 Å². The topological polar surface area (TPSA) is 80.3 Å². The van der Waals surface area contributed by atoms with E-state index in [9.17, 15) is 4.79 Å². The van der Waals surface area contributed by atoms with Crippen LogP contribution in [0.4, 0.5) is 0 Å². The molecule has 2 heterocycles. The molecule has 0 unspecified atom stereocenters. The molecule has 2 aromatic rings. The van der Waals surface area contributed by atoms with Crippen LogP contribution in [0, 0.1) is 13.8 Å². The maximum Gasteiger partial charge on any atom is 0.339 e. The van der Waals surface area contributed by atoms with Gasteiger partial charge in [-0.15, -0.1) is 0 Å². The number of aryl methyl sites for hydroxylation is 2. The summed E-state index contributed by atoms with van der Waals surface area (Å²) in [4.78, 5) is 10.9. The lowest BCUT2D eigenvalue weighted by molar-refractivity contribution is 0.0694. The zero-order valence-electron chi connectivity index (χ0n) is 11.2. The van der Waals surface area contributed by atoms with Crippen LogP contribution in [0.2, 0.25) is 0 Å². The predicted octanol–water partition coefficient (Wildman–Crippen LogP) is 1.62. The Morgan fingerprint density at radius 1 is 1.47 bits per heavy atom. The van der Waals surface area contributed by atoms with Gasteiger partial charge < -0.3 is 14.8 Å². The van der Waals surface area contributed by atoms with Gasteiger partial charge in [0.25, 0.3) is 0 Å². The van der Waals surface area contributed by atoms with Crippen LogP contribution >= 0.6 is 0 Å². The van der Waals surface area contributed by atoms with E-state index >= 15 is 0 Å². The van der Waals surface area contributed by atoms with Gasteiger partial charge in [-0.25, -0.2) is 4.79 Å². The Labute approximate surface area is 111 Å². The van der Waals surface area contributed by atoms with Crippen molar-refractivity contribution in [3.05, 3.63) is 40.6 Å². The van der Waals surface area contributed by atoms with E-state index in [0.717, 1.165) is 17.0 Å². The minimum absolute atomic E-state index is 0.201. The Bertz CT molecular complexity index is 598. The lowest BCUT2D eigenvalue weighted by Crippen LogP contribution is -2.15. The molecule has 0 aromatic carbocycles. The van der Waals surface area contributed by atoms with Crippen LogP contribution in [0.3, 0.4) is 0 Å². The largest absolute Gasteiger partial charge is 0.478 e. The van der Waals surface area contributed by atoms with Gasteiger partial charge in [0, 0.05) is 24.8 Å². The molecule has 2 N–H and O–H groups in total. The van der Waals surface area contributed by atoms with Crippen molar-refractivity contribution < 1.29 is 14.3 Å². The second-order valence-electron chi connectivity index (χ2n) is 4.44. The number of carboxylic acid groups (broad SMARTS) is 1. The van der Waals surface area contributed by atoms with Crippen molar-refractivity contribution in [1.82, 2.24) is 15.1 Å². The molecule has 0 fully saturated rings. The van der Waals surface area contributed by atoms with Crippen LogP contribution in [-0.4, -0.2) is 20.9 Å². The van der Waals surface area contributed by atoms with Gasteiger partial charge >= 0.3 is 5.97 Å². The molecule has 19 heavy (non-hydrogen) atoms. The van der Waals surface area contributed by atoms with Crippen molar-refractivity contribution in [2.24, 2.45) is 7.05 Å². The molecule has 0 amide bonds. The van der Waals surface area contributed by atoms with Crippen LogP contribution in [0.15, 0.2) is 16.7 Å². The third-order valence-electron chi connectivity index (χ3n) is 3.22. The second-order valence-corrected chi connectivity index (χ2v) is 4.44. The molecule has 0 bridgehead atoms. The van der Waals surface area contributed by atoms with E-state index in [1.54, 1.807) is 0 Å². The zero-order chi connectivity index (χ0) is 14.0. The van der Waals surface area contributed by atoms with Gasteiger partial charge in [0.1, 0.15) is 11.3 Å². The summed E-state index contributed by atoms with van der Waals surface area (Å²) in [6, 6.07) is 1.46. The van der Waals surface area contributed by atoms with E-state index in [1.807, 2.05) is 25.6 Å². The van der Waals surface area contributed by atoms with E-state index in [1.165, 1.54) is 12.3 Å². The Hall–Kier alpha value is -2.08. The Balaban J connectivity index is 2.00. The number of nitrogens with zero attached hydrogens (tertiary/aromatic N) is 2. The summed E-state index contributed by atoms with van der Waals surface area (Å²) < 4.78 is 7.00. The molecule has 0 saturated heterocycles. The summed E-state index contributed by atoms with van der Waals surface area (Å²) >= 11 is 0. The first-order chi connectivity index (χ1) is 9.00. The monoisotopic (exact) mass is 263 g/mol. The average Bonchev–Trinajstić information content (AvgIpc) is 2.89.